The Hall–Kier alpha value is -2.83. The number of halogens is 1. The van der Waals surface area contributed by atoms with Crippen molar-refractivity contribution < 1.29 is 14.3 Å². The number of rotatable bonds is 7. The summed E-state index contributed by atoms with van der Waals surface area (Å²) in [7, 11) is 4.01. The Balaban J connectivity index is 1.73. The van der Waals surface area contributed by atoms with Gasteiger partial charge in [-0.05, 0) is 76.0 Å². The van der Waals surface area contributed by atoms with Crippen LogP contribution in [0.2, 0.25) is 5.02 Å². The van der Waals surface area contributed by atoms with Crippen molar-refractivity contribution in [2.24, 2.45) is 0 Å². The third-order valence-electron chi connectivity index (χ3n) is 4.72. The molecule has 0 bridgehead atoms. The van der Waals surface area contributed by atoms with E-state index in [0.717, 1.165) is 18.5 Å². The number of hydrogen-bond acceptors (Lipinski definition) is 4. The first-order valence-electron chi connectivity index (χ1n) is 9.85. The predicted molar refractivity (Wildman–Crippen MR) is 121 cm³/mol. The summed E-state index contributed by atoms with van der Waals surface area (Å²) in [5.74, 6) is 0.300. The molecule has 0 radical (unpaired) electrons. The third-order valence-corrected chi connectivity index (χ3v) is 4.97. The lowest BCUT2D eigenvalue weighted by Gasteiger charge is -2.33. The van der Waals surface area contributed by atoms with E-state index >= 15 is 0 Å². The van der Waals surface area contributed by atoms with Crippen molar-refractivity contribution in [3.63, 3.8) is 0 Å². The van der Waals surface area contributed by atoms with E-state index in [1.807, 2.05) is 26.2 Å². The summed E-state index contributed by atoms with van der Waals surface area (Å²) in [4.78, 5) is 28.8. The molecule has 158 valence electrons. The quantitative estimate of drug-likeness (QED) is 0.677. The van der Waals surface area contributed by atoms with Crippen LogP contribution in [-0.4, -0.2) is 50.0 Å². The number of benzene rings is 2. The van der Waals surface area contributed by atoms with Gasteiger partial charge >= 0.3 is 0 Å². The average molecular weight is 428 g/mol. The standard InChI is InChI=1S/C23H26ClN3O3/c1-16-23(29)27(14-4-13-26(2)3)20-15-19(10-11-21(20)30-16)25-22(28)12-7-17-5-8-18(24)9-6-17/h5-12,15-16H,4,13-14H2,1-3H3,(H,25,28)/b12-7+. The topological polar surface area (TPSA) is 61.9 Å². The number of anilines is 2. The smallest absolute Gasteiger partial charge is 0.267 e. The third kappa shape index (κ3) is 5.62. The summed E-state index contributed by atoms with van der Waals surface area (Å²) in [6.45, 7) is 3.22. The predicted octanol–water partition coefficient (Wildman–Crippen LogP) is 4.06. The van der Waals surface area contributed by atoms with E-state index in [1.165, 1.54) is 6.08 Å². The summed E-state index contributed by atoms with van der Waals surface area (Å²) in [5, 5.41) is 3.49. The number of ether oxygens (including phenoxy) is 1. The molecule has 1 unspecified atom stereocenters. The monoisotopic (exact) mass is 427 g/mol. The van der Waals surface area contributed by atoms with Crippen molar-refractivity contribution in [1.29, 1.82) is 0 Å². The summed E-state index contributed by atoms with van der Waals surface area (Å²) < 4.78 is 5.74. The van der Waals surface area contributed by atoms with Gasteiger partial charge < -0.3 is 19.9 Å². The second-order valence-electron chi connectivity index (χ2n) is 7.46. The first-order valence-corrected chi connectivity index (χ1v) is 10.2. The summed E-state index contributed by atoms with van der Waals surface area (Å²) in [6.07, 6.45) is 3.48. The number of fused-ring (bicyclic) bond motifs is 1. The zero-order valence-electron chi connectivity index (χ0n) is 17.4. The van der Waals surface area contributed by atoms with Gasteiger partial charge in [-0.25, -0.2) is 0 Å². The van der Waals surface area contributed by atoms with Crippen LogP contribution in [0.15, 0.2) is 48.5 Å². The fourth-order valence-electron chi connectivity index (χ4n) is 3.19. The maximum atomic E-state index is 12.7. The van der Waals surface area contributed by atoms with E-state index < -0.39 is 6.10 Å². The van der Waals surface area contributed by atoms with Crippen LogP contribution >= 0.6 is 11.6 Å². The van der Waals surface area contributed by atoms with Gasteiger partial charge in [-0.1, -0.05) is 23.7 Å². The van der Waals surface area contributed by atoms with Gasteiger partial charge in [-0.15, -0.1) is 0 Å². The van der Waals surface area contributed by atoms with Crippen molar-refractivity contribution in [2.45, 2.75) is 19.4 Å². The van der Waals surface area contributed by atoms with Gasteiger partial charge in [0.15, 0.2) is 6.10 Å². The van der Waals surface area contributed by atoms with Crippen LogP contribution in [0.25, 0.3) is 6.08 Å². The number of hydrogen-bond donors (Lipinski definition) is 1. The normalized spacial score (nSPS) is 16.0. The van der Waals surface area contributed by atoms with E-state index in [-0.39, 0.29) is 11.8 Å². The molecule has 1 N–H and O–H groups in total. The van der Waals surface area contributed by atoms with Crippen molar-refractivity contribution in [1.82, 2.24) is 4.90 Å². The van der Waals surface area contributed by atoms with Crippen LogP contribution in [0.3, 0.4) is 0 Å². The molecule has 1 heterocycles. The zero-order valence-corrected chi connectivity index (χ0v) is 18.1. The number of nitrogens with one attached hydrogen (secondary N) is 1. The van der Waals surface area contributed by atoms with Crippen LogP contribution in [0.1, 0.15) is 18.9 Å². The van der Waals surface area contributed by atoms with Crippen molar-refractivity contribution >= 4 is 40.9 Å². The van der Waals surface area contributed by atoms with Crippen molar-refractivity contribution in [2.75, 3.05) is 37.4 Å². The molecule has 3 rings (SSSR count). The largest absolute Gasteiger partial charge is 0.479 e. The van der Waals surface area contributed by atoms with Gasteiger partial charge in [-0.3, -0.25) is 9.59 Å². The van der Waals surface area contributed by atoms with E-state index in [0.29, 0.717) is 28.7 Å². The van der Waals surface area contributed by atoms with Crippen LogP contribution in [0.4, 0.5) is 11.4 Å². The minimum Gasteiger partial charge on any atom is -0.479 e. The first kappa shape index (κ1) is 21.9. The van der Waals surface area contributed by atoms with Crippen LogP contribution in [0, 0.1) is 0 Å². The molecule has 0 aliphatic carbocycles. The molecule has 1 aliphatic heterocycles. The fraction of sp³-hybridized carbons (Fsp3) is 0.304. The van der Waals surface area contributed by atoms with Crippen molar-refractivity contribution in [3.8, 4) is 5.75 Å². The fourth-order valence-corrected chi connectivity index (χ4v) is 3.32. The Kier molecular flexibility index (Phi) is 7.13. The molecule has 2 amide bonds. The van der Waals surface area contributed by atoms with E-state index in [1.54, 1.807) is 48.2 Å². The highest BCUT2D eigenvalue weighted by Gasteiger charge is 2.31. The lowest BCUT2D eigenvalue weighted by Crippen LogP contribution is -2.45. The lowest BCUT2D eigenvalue weighted by atomic mass is 10.1. The lowest BCUT2D eigenvalue weighted by molar-refractivity contribution is -0.125. The molecule has 2 aromatic carbocycles. The Morgan fingerprint density at radius 1 is 1.23 bits per heavy atom. The minimum atomic E-state index is -0.528. The van der Waals surface area contributed by atoms with Gasteiger partial charge in [0.05, 0.1) is 5.69 Å². The van der Waals surface area contributed by atoms with Gasteiger partial charge in [-0.2, -0.15) is 0 Å². The molecular formula is C23H26ClN3O3. The highest BCUT2D eigenvalue weighted by Crippen LogP contribution is 2.36. The van der Waals surface area contributed by atoms with E-state index in [9.17, 15) is 9.59 Å². The summed E-state index contributed by atoms with van der Waals surface area (Å²) in [5.41, 5.74) is 2.15. The Labute approximate surface area is 182 Å². The van der Waals surface area contributed by atoms with Crippen LogP contribution in [-0.2, 0) is 9.59 Å². The average Bonchev–Trinajstić information content (AvgIpc) is 2.70. The highest BCUT2D eigenvalue weighted by atomic mass is 35.5. The molecule has 30 heavy (non-hydrogen) atoms. The molecule has 1 aliphatic rings. The molecule has 0 saturated heterocycles. The number of nitrogens with zero attached hydrogens (tertiary/aromatic N) is 2. The SMILES string of the molecule is CC1Oc2ccc(NC(=O)/C=C/c3ccc(Cl)cc3)cc2N(CCCN(C)C)C1=O. The second-order valence-corrected chi connectivity index (χ2v) is 7.90. The molecule has 2 aromatic rings. The van der Waals surface area contributed by atoms with Gasteiger partial charge in [0, 0.05) is 23.3 Å². The Morgan fingerprint density at radius 2 is 1.97 bits per heavy atom. The Bertz CT molecular complexity index is 941. The molecule has 1 atom stereocenters. The second kappa shape index (κ2) is 9.78. The summed E-state index contributed by atoms with van der Waals surface area (Å²) in [6, 6.07) is 12.5. The maximum Gasteiger partial charge on any atom is 0.267 e. The first-order chi connectivity index (χ1) is 14.3. The molecular weight excluding hydrogens is 402 g/mol. The number of carbonyl (C=O) groups excluding carboxylic acids is 2. The Morgan fingerprint density at radius 3 is 2.67 bits per heavy atom. The molecule has 6 nitrogen and oxygen atoms in total. The number of amides is 2. The van der Waals surface area contributed by atoms with Gasteiger partial charge in [0.1, 0.15) is 5.75 Å². The van der Waals surface area contributed by atoms with E-state index in [2.05, 4.69) is 10.2 Å². The van der Waals surface area contributed by atoms with E-state index in [4.69, 9.17) is 16.3 Å². The highest BCUT2D eigenvalue weighted by molar-refractivity contribution is 6.30. The molecule has 0 aromatic heterocycles. The minimum absolute atomic E-state index is 0.0765. The molecule has 7 heteroatoms. The summed E-state index contributed by atoms with van der Waals surface area (Å²) >= 11 is 5.87. The van der Waals surface area contributed by atoms with Crippen LogP contribution in [0.5, 0.6) is 5.75 Å². The molecule has 0 spiro atoms. The molecule has 0 saturated carbocycles. The number of carbonyl (C=O) groups is 2. The zero-order chi connectivity index (χ0) is 21.7. The van der Waals surface area contributed by atoms with Crippen LogP contribution < -0.4 is 15.0 Å². The van der Waals surface area contributed by atoms with Gasteiger partial charge in [0.25, 0.3) is 5.91 Å². The van der Waals surface area contributed by atoms with Crippen molar-refractivity contribution in [3.05, 3.63) is 59.1 Å². The molecule has 0 fully saturated rings. The maximum absolute atomic E-state index is 12.7. The van der Waals surface area contributed by atoms with Gasteiger partial charge in [0.2, 0.25) is 5.91 Å².